The monoisotopic (exact) mass is 404 g/mol. The maximum absolute atomic E-state index is 13.4. The third kappa shape index (κ3) is 4.78. The second kappa shape index (κ2) is 9.58. The lowest BCUT2D eigenvalue weighted by Gasteiger charge is -2.21. The van der Waals surface area contributed by atoms with Gasteiger partial charge in [-0.2, -0.15) is 5.10 Å². The standard InChI is InChI=1S/C17H18F2N6O.C3H8/c18-15(19)13-12(9-25(23-13)11-5-2-1-3-6-11)22-17(26)14-16-20-7-4-8-24(16)10-21-14;1-3-2/h4,7-11,15H,1-3,5-6H2,(H,22,26);3H2,1-2H3. The first kappa shape index (κ1) is 20.9. The van der Waals surface area contributed by atoms with Gasteiger partial charge in [0.25, 0.3) is 12.3 Å². The number of imidazole rings is 1. The van der Waals surface area contributed by atoms with E-state index in [0.717, 1.165) is 32.1 Å². The highest BCUT2D eigenvalue weighted by Crippen LogP contribution is 2.32. The summed E-state index contributed by atoms with van der Waals surface area (Å²) in [5.74, 6) is -0.587. The minimum atomic E-state index is -2.77. The van der Waals surface area contributed by atoms with Crippen LogP contribution >= 0.6 is 0 Å². The van der Waals surface area contributed by atoms with Crippen molar-refractivity contribution in [3.63, 3.8) is 0 Å². The molecule has 0 spiro atoms. The third-order valence-corrected chi connectivity index (χ3v) is 4.68. The molecule has 0 aromatic carbocycles. The van der Waals surface area contributed by atoms with Gasteiger partial charge >= 0.3 is 0 Å². The zero-order valence-electron chi connectivity index (χ0n) is 16.7. The topological polar surface area (TPSA) is 77.1 Å². The van der Waals surface area contributed by atoms with Gasteiger partial charge in [-0.25, -0.2) is 18.7 Å². The number of aromatic nitrogens is 5. The fourth-order valence-corrected chi connectivity index (χ4v) is 3.37. The average molecular weight is 404 g/mol. The Labute approximate surface area is 168 Å². The normalized spacial score (nSPS) is 14.7. The van der Waals surface area contributed by atoms with Crippen LogP contribution in [0.1, 0.15) is 81.0 Å². The van der Waals surface area contributed by atoms with Crippen LogP contribution in [-0.4, -0.2) is 30.1 Å². The summed E-state index contributed by atoms with van der Waals surface area (Å²) >= 11 is 0. The molecule has 3 heterocycles. The Bertz CT molecular complexity index is 946. The first-order valence-electron chi connectivity index (χ1n) is 10.0. The Morgan fingerprint density at radius 3 is 2.66 bits per heavy atom. The summed E-state index contributed by atoms with van der Waals surface area (Å²) < 4.78 is 30.0. The molecule has 7 nitrogen and oxygen atoms in total. The van der Waals surface area contributed by atoms with Crippen LogP contribution in [0, 0.1) is 0 Å². The predicted molar refractivity (Wildman–Crippen MR) is 106 cm³/mol. The largest absolute Gasteiger partial charge is 0.317 e. The molecule has 3 aromatic rings. The van der Waals surface area contributed by atoms with Crippen LogP contribution in [0.3, 0.4) is 0 Å². The van der Waals surface area contributed by atoms with Crippen LogP contribution in [0.15, 0.2) is 31.0 Å². The van der Waals surface area contributed by atoms with Gasteiger partial charge < -0.3 is 5.32 Å². The van der Waals surface area contributed by atoms with Crippen molar-refractivity contribution in [3.8, 4) is 0 Å². The number of nitrogens with one attached hydrogen (secondary N) is 1. The number of halogens is 2. The molecule has 1 aliphatic carbocycles. The van der Waals surface area contributed by atoms with Crippen LogP contribution in [0.5, 0.6) is 0 Å². The van der Waals surface area contributed by atoms with E-state index in [1.165, 1.54) is 18.9 Å². The number of fused-ring (bicyclic) bond motifs is 1. The van der Waals surface area contributed by atoms with Crippen molar-refractivity contribution in [1.29, 1.82) is 0 Å². The van der Waals surface area contributed by atoms with E-state index in [0.29, 0.717) is 5.65 Å². The number of amides is 1. The molecule has 0 atom stereocenters. The van der Waals surface area contributed by atoms with Gasteiger partial charge in [-0.15, -0.1) is 0 Å². The Balaban J connectivity index is 0.000000755. The molecule has 3 aromatic heterocycles. The van der Waals surface area contributed by atoms with E-state index in [4.69, 9.17) is 0 Å². The van der Waals surface area contributed by atoms with Gasteiger partial charge in [-0.3, -0.25) is 13.9 Å². The lowest BCUT2D eigenvalue weighted by molar-refractivity contribution is 0.102. The zero-order chi connectivity index (χ0) is 20.8. The molecule has 0 saturated heterocycles. The van der Waals surface area contributed by atoms with E-state index in [-0.39, 0.29) is 17.4 Å². The molecule has 1 aliphatic rings. The number of carbonyl (C=O) groups excluding carboxylic acids is 1. The predicted octanol–water partition coefficient (Wildman–Crippen LogP) is 5.04. The number of hydrogen-bond acceptors (Lipinski definition) is 4. The van der Waals surface area contributed by atoms with Crippen molar-refractivity contribution in [3.05, 3.63) is 42.4 Å². The molecule has 1 N–H and O–H groups in total. The lowest BCUT2D eigenvalue weighted by atomic mass is 9.96. The van der Waals surface area contributed by atoms with Gasteiger partial charge in [0.1, 0.15) is 6.33 Å². The van der Waals surface area contributed by atoms with Gasteiger partial charge in [0.2, 0.25) is 0 Å². The molecule has 4 rings (SSSR count). The zero-order valence-corrected chi connectivity index (χ0v) is 16.7. The van der Waals surface area contributed by atoms with Gasteiger partial charge in [0.05, 0.1) is 11.7 Å². The number of nitrogens with zero attached hydrogens (tertiary/aromatic N) is 5. The second-order valence-corrected chi connectivity index (χ2v) is 7.11. The summed E-state index contributed by atoms with van der Waals surface area (Å²) in [7, 11) is 0. The number of hydrogen-bond donors (Lipinski definition) is 1. The average Bonchev–Trinajstić information content (AvgIpc) is 3.34. The molecular weight excluding hydrogens is 378 g/mol. The molecule has 156 valence electrons. The molecule has 9 heteroatoms. The van der Waals surface area contributed by atoms with Crippen LogP contribution < -0.4 is 5.32 Å². The SMILES string of the molecule is CCC.O=C(Nc1cn(C2CCCCC2)nc1C(F)F)c1ncn2cccnc12. The van der Waals surface area contributed by atoms with Crippen molar-refractivity contribution in [2.45, 2.75) is 64.8 Å². The van der Waals surface area contributed by atoms with Crippen LogP contribution in [0.2, 0.25) is 0 Å². The number of anilines is 1. The van der Waals surface area contributed by atoms with E-state index in [2.05, 4.69) is 34.2 Å². The van der Waals surface area contributed by atoms with Crippen molar-refractivity contribution in [2.75, 3.05) is 5.32 Å². The quantitative estimate of drug-likeness (QED) is 0.661. The van der Waals surface area contributed by atoms with Crippen molar-refractivity contribution in [2.24, 2.45) is 0 Å². The van der Waals surface area contributed by atoms with Gasteiger partial charge in [-0.1, -0.05) is 39.5 Å². The minimum absolute atomic E-state index is 0.0210. The number of carbonyl (C=O) groups is 1. The molecule has 0 unspecified atom stereocenters. The van der Waals surface area contributed by atoms with Crippen LogP contribution in [0.25, 0.3) is 5.65 Å². The summed E-state index contributed by atoms with van der Waals surface area (Å²) in [5.41, 5.74) is 0.0487. The fourth-order valence-electron chi connectivity index (χ4n) is 3.37. The van der Waals surface area contributed by atoms with Gasteiger partial charge in [0, 0.05) is 18.6 Å². The molecule has 0 radical (unpaired) electrons. The number of alkyl halides is 2. The maximum atomic E-state index is 13.4. The Hall–Kier alpha value is -2.84. The van der Waals surface area contributed by atoms with Crippen LogP contribution in [-0.2, 0) is 0 Å². The van der Waals surface area contributed by atoms with Gasteiger partial charge in [0.15, 0.2) is 17.0 Å². The molecule has 1 amide bonds. The van der Waals surface area contributed by atoms with Crippen molar-refractivity contribution in [1.82, 2.24) is 24.1 Å². The first-order valence-corrected chi connectivity index (χ1v) is 10.0. The molecule has 1 saturated carbocycles. The van der Waals surface area contributed by atoms with E-state index in [1.54, 1.807) is 27.5 Å². The highest BCUT2D eigenvalue weighted by atomic mass is 19.3. The lowest BCUT2D eigenvalue weighted by Crippen LogP contribution is -2.14. The van der Waals surface area contributed by atoms with Gasteiger partial charge in [-0.05, 0) is 18.9 Å². The first-order chi connectivity index (χ1) is 14.0. The molecule has 29 heavy (non-hydrogen) atoms. The minimum Gasteiger partial charge on any atom is -0.317 e. The molecule has 0 aliphatic heterocycles. The Morgan fingerprint density at radius 1 is 1.24 bits per heavy atom. The van der Waals surface area contributed by atoms with E-state index >= 15 is 0 Å². The van der Waals surface area contributed by atoms with Crippen molar-refractivity contribution < 1.29 is 13.6 Å². The summed E-state index contributed by atoms with van der Waals surface area (Å²) in [6.45, 7) is 4.25. The molecule has 1 fully saturated rings. The highest BCUT2D eigenvalue weighted by Gasteiger charge is 2.25. The van der Waals surface area contributed by atoms with E-state index in [9.17, 15) is 13.6 Å². The maximum Gasteiger partial charge on any atom is 0.284 e. The smallest absolute Gasteiger partial charge is 0.284 e. The summed E-state index contributed by atoms with van der Waals surface area (Å²) in [5, 5.41) is 6.57. The van der Waals surface area contributed by atoms with Crippen molar-refractivity contribution >= 4 is 17.2 Å². The summed E-state index contributed by atoms with van der Waals surface area (Å²) in [6.07, 6.45) is 9.77. The summed E-state index contributed by atoms with van der Waals surface area (Å²) in [6, 6.07) is 1.81. The Kier molecular flexibility index (Phi) is 6.90. The number of rotatable bonds is 4. The highest BCUT2D eigenvalue weighted by molar-refractivity contribution is 6.07. The molecular formula is C20H26F2N6O. The second-order valence-electron chi connectivity index (χ2n) is 7.11. The van der Waals surface area contributed by atoms with E-state index < -0.39 is 18.0 Å². The summed E-state index contributed by atoms with van der Waals surface area (Å²) in [4.78, 5) is 20.7. The Morgan fingerprint density at radius 2 is 1.97 bits per heavy atom. The van der Waals surface area contributed by atoms with Crippen LogP contribution in [0.4, 0.5) is 14.5 Å². The third-order valence-electron chi connectivity index (χ3n) is 4.68. The fraction of sp³-hybridized carbons (Fsp3) is 0.500. The van der Waals surface area contributed by atoms with E-state index in [1.807, 2.05) is 0 Å². The molecule has 0 bridgehead atoms.